The minimum atomic E-state index is -0.694. The molecule has 0 aliphatic heterocycles. The van der Waals surface area contributed by atoms with Crippen LogP contribution in [0.15, 0.2) is 97.2 Å². The van der Waals surface area contributed by atoms with Gasteiger partial charge in [-0.25, -0.2) is 14.8 Å². The van der Waals surface area contributed by atoms with E-state index in [-0.39, 0.29) is 37.0 Å². The van der Waals surface area contributed by atoms with Crippen LogP contribution in [0, 0.1) is 6.92 Å². The fourth-order valence-corrected chi connectivity index (χ4v) is 6.77. The highest BCUT2D eigenvalue weighted by molar-refractivity contribution is 5.78. The molecular formula is C47H49N5O6. The molecule has 11 heteroatoms. The Hall–Kier alpha value is -6.75. The first kappa shape index (κ1) is 40.9. The van der Waals surface area contributed by atoms with Gasteiger partial charge in [-0.05, 0) is 64.4 Å². The fourth-order valence-electron chi connectivity index (χ4n) is 6.77. The number of benzene rings is 4. The Kier molecular flexibility index (Phi) is 12.1. The second kappa shape index (κ2) is 17.2. The molecule has 0 unspecified atom stereocenters. The summed E-state index contributed by atoms with van der Waals surface area (Å²) in [5.74, 6) is 0.221. The highest BCUT2D eigenvalue weighted by atomic mass is 16.6. The highest BCUT2D eigenvalue weighted by Gasteiger charge is 2.30. The van der Waals surface area contributed by atoms with Crippen LogP contribution in [0.4, 0.5) is 4.79 Å². The van der Waals surface area contributed by atoms with Gasteiger partial charge < -0.3 is 24.4 Å². The maximum atomic E-state index is 13.9. The molecule has 0 bridgehead atoms. The van der Waals surface area contributed by atoms with Crippen molar-refractivity contribution >= 4 is 36.8 Å². The van der Waals surface area contributed by atoms with Gasteiger partial charge in [0.25, 0.3) is 0 Å². The topological polar surface area (TPSA) is 127 Å². The van der Waals surface area contributed by atoms with Crippen LogP contribution in [0.25, 0.3) is 30.1 Å². The number of esters is 1. The van der Waals surface area contributed by atoms with Gasteiger partial charge in [-0.3, -0.25) is 14.0 Å². The van der Waals surface area contributed by atoms with E-state index in [2.05, 4.69) is 13.2 Å². The van der Waals surface area contributed by atoms with Crippen molar-refractivity contribution < 1.29 is 29.0 Å². The molecule has 0 spiro atoms. The van der Waals surface area contributed by atoms with Crippen LogP contribution in [-0.2, 0) is 27.8 Å². The summed E-state index contributed by atoms with van der Waals surface area (Å²) < 4.78 is 13.3. The van der Waals surface area contributed by atoms with Gasteiger partial charge in [0.1, 0.15) is 17.2 Å². The number of hydrogen-bond acceptors (Lipinski definition) is 8. The summed E-state index contributed by atoms with van der Waals surface area (Å²) >= 11 is 0. The number of rotatable bonds is 13. The average molecular weight is 780 g/mol. The van der Waals surface area contributed by atoms with E-state index in [4.69, 9.17) is 19.4 Å². The molecule has 58 heavy (non-hydrogen) atoms. The second-order valence-corrected chi connectivity index (χ2v) is 15.3. The van der Waals surface area contributed by atoms with Crippen LogP contribution in [-0.4, -0.2) is 74.4 Å². The summed E-state index contributed by atoms with van der Waals surface area (Å²) in [6.45, 7) is 15.4. The van der Waals surface area contributed by atoms with Crippen LogP contribution in [0.2, 0.25) is 0 Å². The van der Waals surface area contributed by atoms with E-state index in [0.717, 1.165) is 16.7 Å². The number of amides is 2. The van der Waals surface area contributed by atoms with Gasteiger partial charge in [0, 0.05) is 76.1 Å². The minimum Gasteiger partial charge on any atom is -0.507 e. The van der Waals surface area contributed by atoms with Crippen molar-refractivity contribution in [2.45, 2.75) is 52.4 Å². The molecule has 0 saturated carbocycles. The molecule has 0 aliphatic rings. The van der Waals surface area contributed by atoms with Gasteiger partial charge in [-0.2, -0.15) is 0 Å². The number of imidazole rings is 1. The van der Waals surface area contributed by atoms with Crippen LogP contribution in [0.5, 0.6) is 17.4 Å². The second-order valence-electron chi connectivity index (χ2n) is 15.3. The largest absolute Gasteiger partial charge is 0.507 e. The third-order valence-electron chi connectivity index (χ3n) is 10.3. The predicted octanol–water partition coefficient (Wildman–Crippen LogP) is 6.59. The maximum Gasteiger partial charge on any atom is 0.416 e. The minimum absolute atomic E-state index is 0.117. The molecule has 2 aromatic heterocycles. The van der Waals surface area contributed by atoms with E-state index in [1.165, 1.54) is 11.8 Å². The van der Waals surface area contributed by atoms with Crippen molar-refractivity contribution in [3.63, 3.8) is 0 Å². The Bertz CT molecular complexity index is 2570. The van der Waals surface area contributed by atoms with Crippen molar-refractivity contribution in [3.8, 4) is 28.6 Å². The Morgan fingerprint density at radius 1 is 0.810 bits per heavy atom. The van der Waals surface area contributed by atoms with Crippen molar-refractivity contribution in [2.75, 3.05) is 27.2 Å². The zero-order valence-corrected chi connectivity index (χ0v) is 33.9. The number of hydrogen-bond donors (Lipinski definition) is 1. The van der Waals surface area contributed by atoms with Crippen LogP contribution in [0.3, 0.4) is 0 Å². The number of fused-ring (bicyclic) bond motifs is 1. The van der Waals surface area contributed by atoms with Crippen LogP contribution in [0.1, 0.15) is 60.8 Å². The summed E-state index contributed by atoms with van der Waals surface area (Å²) in [5, 5.41) is 12.3. The Labute approximate surface area is 338 Å². The number of carbonyl (C=O) groups is 3. The number of nitrogens with zero attached hydrogens (tertiary/aromatic N) is 5. The van der Waals surface area contributed by atoms with Gasteiger partial charge >= 0.3 is 12.1 Å². The Morgan fingerprint density at radius 2 is 1.40 bits per heavy atom. The lowest BCUT2D eigenvalue weighted by atomic mass is 9.79. The van der Waals surface area contributed by atoms with E-state index in [9.17, 15) is 19.5 Å². The number of aromatic hydroxyl groups is 1. The normalized spacial score (nSPS) is 11.3. The molecule has 1 N–H and O–H groups in total. The van der Waals surface area contributed by atoms with Crippen molar-refractivity contribution in [1.82, 2.24) is 24.2 Å². The lowest BCUT2D eigenvalue weighted by molar-refractivity contribution is -0.132. The van der Waals surface area contributed by atoms with Gasteiger partial charge in [0.05, 0.1) is 11.4 Å². The van der Waals surface area contributed by atoms with E-state index in [1.807, 2.05) is 86.6 Å². The fraction of sp³-hybridized carbons (Fsp3) is 0.255. The number of carbonyl (C=O) groups excluding carboxylic acids is 3. The zero-order chi connectivity index (χ0) is 41.7. The predicted molar refractivity (Wildman–Crippen MR) is 225 cm³/mol. The average Bonchev–Trinajstić information content (AvgIpc) is 3.54. The van der Waals surface area contributed by atoms with E-state index in [0.29, 0.717) is 62.9 Å². The number of phenols is 1. The third-order valence-corrected chi connectivity index (χ3v) is 10.3. The van der Waals surface area contributed by atoms with Crippen LogP contribution >= 0.6 is 0 Å². The van der Waals surface area contributed by atoms with Gasteiger partial charge in [0.15, 0.2) is 5.65 Å². The lowest BCUT2D eigenvalue weighted by Gasteiger charge is -2.29. The molecule has 2 amide bonds. The van der Waals surface area contributed by atoms with Crippen molar-refractivity contribution in [3.05, 3.63) is 141 Å². The summed E-state index contributed by atoms with van der Waals surface area (Å²) in [5.41, 5.74) is 5.73. The molecule has 6 aromatic rings. The van der Waals surface area contributed by atoms with Crippen molar-refractivity contribution in [2.24, 2.45) is 0 Å². The summed E-state index contributed by atoms with van der Waals surface area (Å²) in [4.78, 5) is 52.1. The van der Waals surface area contributed by atoms with E-state index >= 15 is 0 Å². The molecule has 0 atom stereocenters. The number of phenolic OH excluding ortho intramolecular Hbond substituents is 1. The van der Waals surface area contributed by atoms with E-state index < -0.39 is 17.5 Å². The molecule has 4 aromatic carbocycles. The number of likely N-dealkylation sites (N-methyl/N-ethyl adjacent to an activating group) is 2. The van der Waals surface area contributed by atoms with Gasteiger partial charge in [-0.1, -0.05) is 87.7 Å². The molecule has 11 nitrogen and oxygen atoms in total. The molecule has 0 fully saturated rings. The summed E-state index contributed by atoms with van der Waals surface area (Å²) in [6.07, 6.45) is 2.15. The Morgan fingerprint density at radius 3 is 2.00 bits per heavy atom. The molecule has 0 aliphatic carbocycles. The zero-order valence-electron chi connectivity index (χ0n) is 33.9. The standard InChI is InChI=1S/C47H49N5O6/c1-30-25-38(43(55)32(3)31(30)2)47(5,6)28-42(54)50(7)23-24-51(8)46(56)58-45-40(27-35-17-13-10-14-18-35)49-44-39(26-34-15-11-9-12-16-34)48-41(29-52(44)45)36-19-21-37(22-20-36)57-33(4)53/h9-22,25,29,55H,1-2,23-24,26-28H2,3-8H3. The Balaban J connectivity index is 1.28. The summed E-state index contributed by atoms with van der Waals surface area (Å²) in [7, 11) is 3.32. The number of aromatic nitrogens is 3. The maximum absolute atomic E-state index is 13.9. The quantitative estimate of drug-likeness (QED) is 0.103. The van der Waals surface area contributed by atoms with Gasteiger partial charge in [-0.15, -0.1) is 0 Å². The molecule has 298 valence electrons. The monoisotopic (exact) mass is 779 g/mol. The first-order chi connectivity index (χ1) is 27.6. The highest BCUT2D eigenvalue weighted by Crippen LogP contribution is 2.34. The van der Waals surface area contributed by atoms with Crippen LogP contribution < -0.4 is 19.9 Å². The molecule has 6 rings (SSSR count). The summed E-state index contributed by atoms with van der Waals surface area (Å²) in [6, 6.07) is 28.6. The first-order valence-corrected chi connectivity index (χ1v) is 19.1. The first-order valence-electron chi connectivity index (χ1n) is 19.1. The van der Waals surface area contributed by atoms with Crippen molar-refractivity contribution in [1.29, 1.82) is 0 Å². The van der Waals surface area contributed by atoms with Gasteiger partial charge in [0.2, 0.25) is 11.8 Å². The molecular weight excluding hydrogens is 731 g/mol. The molecule has 0 saturated heterocycles. The lowest BCUT2D eigenvalue weighted by Crippen LogP contribution is -2.40. The SMILES string of the molecule is C=c1cc(C(C)(C)CC(=O)N(C)CCN(C)C(=O)Oc2c(Cc3ccccc3)nc3c(Cc4ccccc4)nc(-c4ccc(OC(C)=O)cc4)cn23)c(O)c(C)c1=C. The van der Waals surface area contributed by atoms with E-state index in [1.54, 1.807) is 54.7 Å². The molecule has 2 heterocycles. The third kappa shape index (κ3) is 9.26. The molecule has 0 radical (unpaired) electrons. The smallest absolute Gasteiger partial charge is 0.416 e. The number of ether oxygens (including phenoxy) is 2.